The highest BCUT2D eigenvalue weighted by Gasteiger charge is 2.05. The summed E-state index contributed by atoms with van der Waals surface area (Å²) in [6.45, 7) is 4.76. The van der Waals surface area contributed by atoms with E-state index < -0.39 is 0 Å². The van der Waals surface area contributed by atoms with E-state index in [4.69, 9.17) is 10.2 Å². The number of aliphatic hydroxyl groups excluding tert-OH is 2. The predicted molar refractivity (Wildman–Crippen MR) is 66.5 cm³/mol. The zero-order chi connectivity index (χ0) is 12.5. The Bertz CT molecular complexity index is 302. The lowest BCUT2D eigenvalue weighted by molar-refractivity contribution is 0.251. The average Bonchev–Trinajstić information content (AvgIpc) is 2.76. The number of nitrogens with zero attached hydrogens (tertiary/aromatic N) is 2. The molecule has 5 heteroatoms. The molecule has 5 nitrogen and oxygen atoms in total. The molecule has 0 aliphatic carbocycles. The van der Waals surface area contributed by atoms with E-state index in [1.165, 1.54) is 0 Å². The quantitative estimate of drug-likeness (QED) is 0.584. The average molecular weight is 241 g/mol. The summed E-state index contributed by atoms with van der Waals surface area (Å²) in [6.07, 6.45) is 5.69. The van der Waals surface area contributed by atoms with Gasteiger partial charge in [0.1, 0.15) is 0 Å². The lowest BCUT2D eigenvalue weighted by atomic mass is 10.0. The minimum atomic E-state index is 0.114. The molecule has 0 saturated heterocycles. The molecule has 0 aliphatic heterocycles. The number of aliphatic hydroxyl groups is 2. The van der Waals surface area contributed by atoms with Crippen LogP contribution in [0, 0.1) is 5.92 Å². The van der Waals surface area contributed by atoms with E-state index in [1.807, 2.05) is 12.4 Å². The van der Waals surface area contributed by atoms with Gasteiger partial charge in [0.2, 0.25) is 0 Å². The van der Waals surface area contributed by atoms with Crippen LogP contribution in [0.1, 0.15) is 25.3 Å². The van der Waals surface area contributed by atoms with E-state index in [1.54, 1.807) is 4.68 Å². The topological polar surface area (TPSA) is 70.3 Å². The van der Waals surface area contributed by atoms with Gasteiger partial charge in [-0.05, 0) is 18.9 Å². The second-order valence-corrected chi connectivity index (χ2v) is 4.25. The third-order valence-electron chi connectivity index (χ3n) is 2.89. The van der Waals surface area contributed by atoms with Crippen LogP contribution >= 0.6 is 0 Å². The van der Waals surface area contributed by atoms with Crippen molar-refractivity contribution in [3.63, 3.8) is 0 Å². The van der Waals surface area contributed by atoms with Gasteiger partial charge in [-0.25, -0.2) is 0 Å². The fraction of sp³-hybridized carbons (Fsp3) is 0.750. The van der Waals surface area contributed by atoms with Crippen LogP contribution in [0.3, 0.4) is 0 Å². The zero-order valence-electron chi connectivity index (χ0n) is 10.5. The van der Waals surface area contributed by atoms with E-state index >= 15 is 0 Å². The van der Waals surface area contributed by atoms with Crippen LogP contribution in [0.25, 0.3) is 0 Å². The van der Waals surface area contributed by atoms with E-state index in [0.29, 0.717) is 12.5 Å². The van der Waals surface area contributed by atoms with Crippen molar-refractivity contribution in [2.45, 2.75) is 32.9 Å². The molecule has 1 unspecified atom stereocenters. The Morgan fingerprint density at radius 2 is 2.24 bits per heavy atom. The second-order valence-electron chi connectivity index (χ2n) is 4.25. The van der Waals surface area contributed by atoms with Gasteiger partial charge in [-0.3, -0.25) is 4.68 Å². The highest BCUT2D eigenvalue weighted by Crippen LogP contribution is 2.06. The monoisotopic (exact) mass is 241 g/mol. The summed E-state index contributed by atoms with van der Waals surface area (Å²) >= 11 is 0. The maximum atomic E-state index is 8.88. The van der Waals surface area contributed by atoms with E-state index in [-0.39, 0.29) is 13.2 Å². The van der Waals surface area contributed by atoms with E-state index in [0.717, 1.165) is 31.5 Å². The van der Waals surface area contributed by atoms with Crippen molar-refractivity contribution in [2.24, 2.45) is 5.92 Å². The van der Waals surface area contributed by atoms with Crippen LogP contribution in [0.15, 0.2) is 12.4 Å². The molecule has 0 aliphatic rings. The van der Waals surface area contributed by atoms with Gasteiger partial charge in [0, 0.05) is 24.9 Å². The van der Waals surface area contributed by atoms with Gasteiger partial charge in [0.25, 0.3) is 0 Å². The first-order valence-corrected chi connectivity index (χ1v) is 6.23. The smallest absolute Gasteiger partial charge is 0.0640 e. The molecular formula is C12H23N3O2. The van der Waals surface area contributed by atoms with Crippen LogP contribution in [0.2, 0.25) is 0 Å². The molecule has 1 heterocycles. The zero-order valence-corrected chi connectivity index (χ0v) is 10.5. The molecule has 0 fully saturated rings. The Balaban J connectivity index is 2.24. The fourth-order valence-electron chi connectivity index (χ4n) is 1.78. The number of hydrogen-bond acceptors (Lipinski definition) is 4. The highest BCUT2D eigenvalue weighted by molar-refractivity contribution is 5.03. The van der Waals surface area contributed by atoms with Gasteiger partial charge in [0.15, 0.2) is 0 Å². The maximum absolute atomic E-state index is 8.88. The summed E-state index contributed by atoms with van der Waals surface area (Å²) in [6, 6.07) is 0. The van der Waals surface area contributed by atoms with Gasteiger partial charge in [-0.15, -0.1) is 0 Å². The van der Waals surface area contributed by atoms with Crippen LogP contribution < -0.4 is 5.32 Å². The molecule has 0 radical (unpaired) electrons. The molecule has 0 amide bonds. The Morgan fingerprint density at radius 3 is 2.88 bits per heavy atom. The highest BCUT2D eigenvalue weighted by atomic mass is 16.3. The molecule has 3 N–H and O–H groups in total. The van der Waals surface area contributed by atoms with Crippen LogP contribution in [-0.4, -0.2) is 39.8 Å². The largest absolute Gasteiger partial charge is 0.396 e. The van der Waals surface area contributed by atoms with Gasteiger partial charge < -0.3 is 15.5 Å². The number of rotatable bonds is 9. The molecule has 0 bridgehead atoms. The van der Waals surface area contributed by atoms with Crippen LogP contribution in [0.5, 0.6) is 0 Å². The van der Waals surface area contributed by atoms with Crippen molar-refractivity contribution in [2.75, 3.05) is 19.8 Å². The van der Waals surface area contributed by atoms with Gasteiger partial charge in [-0.2, -0.15) is 5.10 Å². The number of aromatic nitrogens is 2. The molecule has 1 atom stereocenters. The van der Waals surface area contributed by atoms with Gasteiger partial charge >= 0.3 is 0 Å². The van der Waals surface area contributed by atoms with Crippen molar-refractivity contribution in [3.05, 3.63) is 18.0 Å². The predicted octanol–water partition coefficient (Wildman–Crippen LogP) is 0.374. The third-order valence-corrected chi connectivity index (χ3v) is 2.89. The van der Waals surface area contributed by atoms with Crippen molar-refractivity contribution in [1.82, 2.24) is 15.1 Å². The molecule has 1 aromatic heterocycles. The first-order valence-electron chi connectivity index (χ1n) is 6.23. The number of hydrogen-bond donors (Lipinski definition) is 3. The summed E-state index contributed by atoms with van der Waals surface area (Å²) in [5.74, 6) is 0.535. The molecular weight excluding hydrogens is 218 g/mol. The summed E-state index contributed by atoms with van der Waals surface area (Å²) in [5, 5.41) is 25.2. The first-order chi connectivity index (χ1) is 8.30. The molecule has 0 spiro atoms. The molecule has 17 heavy (non-hydrogen) atoms. The van der Waals surface area contributed by atoms with Crippen LogP contribution in [0.4, 0.5) is 0 Å². The molecule has 1 rings (SSSR count). The summed E-state index contributed by atoms with van der Waals surface area (Å²) < 4.78 is 1.74. The van der Waals surface area contributed by atoms with Crippen molar-refractivity contribution in [1.29, 1.82) is 0 Å². The Morgan fingerprint density at radius 1 is 1.41 bits per heavy atom. The first kappa shape index (κ1) is 14.2. The van der Waals surface area contributed by atoms with Crippen molar-refractivity contribution >= 4 is 0 Å². The minimum Gasteiger partial charge on any atom is -0.396 e. The Labute approximate surface area is 102 Å². The lowest BCUT2D eigenvalue weighted by Crippen LogP contribution is -2.22. The van der Waals surface area contributed by atoms with Gasteiger partial charge in [-0.1, -0.05) is 13.3 Å². The Hall–Kier alpha value is -0.910. The Kier molecular flexibility index (Phi) is 6.84. The van der Waals surface area contributed by atoms with E-state index in [2.05, 4.69) is 17.3 Å². The maximum Gasteiger partial charge on any atom is 0.0640 e. The van der Waals surface area contributed by atoms with Crippen LogP contribution in [-0.2, 0) is 13.1 Å². The SMILES string of the molecule is CCC(CCO)CNCc1cnn(CCO)c1. The molecule has 0 saturated carbocycles. The third kappa shape index (κ3) is 5.30. The molecule has 98 valence electrons. The normalized spacial score (nSPS) is 12.9. The van der Waals surface area contributed by atoms with E-state index in [9.17, 15) is 0 Å². The fourth-order valence-corrected chi connectivity index (χ4v) is 1.78. The van der Waals surface area contributed by atoms with Gasteiger partial charge in [0.05, 0.1) is 19.3 Å². The molecule has 0 aromatic carbocycles. The van der Waals surface area contributed by atoms with Crippen molar-refractivity contribution in [3.8, 4) is 0 Å². The second kappa shape index (κ2) is 8.22. The molecule has 1 aromatic rings. The summed E-state index contributed by atoms with van der Waals surface area (Å²) in [5.41, 5.74) is 1.12. The van der Waals surface area contributed by atoms with Crippen molar-refractivity contribution < 1.29 is 10.2 Å². The standard InChI is InChI=1S/C12H23N3O2/c1-2-11(3-5-16)7-13-8-12-9-14-15(10-12)4-6-17/h9-11,13,16-17H,2-8H2,1H3. The summed E-state index contributed by atoms with van der Waals surface area (Å²) in [4.78, 5) is 0. The number of nitrogens with one attached hydrogen (secondary N) is 1. The summed E-state index contributed by atoms with van der Waals surface area (Å²) in [7, 11) is 0. The lowest BCUT2D eigenvalue weighted by Gasteiger charge is -2.13. The minimum absolute atomic E-state index is 0.114.